The zero-order valence-electron chi connectivity index (χ0n) is 10.6. The van der Waals surface area contributed by atoms with E-state index in [2.05, 4.69) is 0 Å². The molecule has 0 heterocycles. The molecule has 0 amide bonds. The number of carboxylic acids is 1. The Morgan fingerprint density at radius 3 is 2.67 bits per heavy atom. The summed E-state index contributed by atoms with van der Waals surface area (Å²) in [5.41, 5.74) is 7.36. The number of aryl methyl sites for hydroxylation is 1. The van der Waals surface area contributed by atoms with Crippen LogP contribution in [0.1, 0.15) is 30.1 Å². The number of aliphatic hydroxyl groups is 1. The van der Waals surface area contributed by atoms with Gasteiger partial charge in [0.25, 0.3) is 0 Å². The number of hydrogen-bond acceptors (Lipinski definition) is 4. The highest BCUT2D eigenvalue weighted by Crippen LogP contribution is 2.25. The topological polar surface area (TPSA) is 92.8 Å². The number of carboxylic acid groups (broad SMARTS) is 1. The van der Waals surface area contributed by atoms with Crippen LogP contribution < -0.4 is 10.5 Å². The zero-order valence-corrected chi connectivity index (χ0v) is 10.6. The second-order valence-electron chi connectivity index (χ2n) is 4.26. The van der Waals surface area contributed by atoms with Crippen molar-refractivity contribution in [3.63, 3.8) is 0 Å². The van der Waals surface area contributed by atoms with E-state index in [1.165, 1.54) is 0 Å². The Hall–Kier alpha value is -1.59. The molecular weight excluding hydrogens is 234 g/mol. The van der Waals surface area contributed by atoms with Gasteiger partial charge in [-0.15, -0.1) is 0 Å². The van der Waals surface area contributed by atoms with Crippen molar-refractivity contribution in [2.24, 2.45) is 5.73 Å². The van der Waals surface area contributed by atoms with Crippen molar-refractivity contribution in [1.29, 1.82) is 0 Å². The first kappa shape index (κ1) is 14.5. The van der Waals surface area contributed by atoms with Gasteiger partial charge in [-0.1, -0.05) is 6.07 Å². The molecule has 18 heavy (non-hydrogen) atoms. The molecule has 5 heteroatoms. The maximum atomic E-state index is 10.5. The molecule has 0 aliphatic carbocycles. The Kier molecular flexibility index (Phi) is 5.12. The first-order valence-corrected chi connectivity index (χ1v) is 5.75. The molecule has 2 unspecified atom stereocenters. The van der Waals surface area contributed by atoms with Gasteiger partial charge in [-0.2, -0.15) is 0 Å². The van der Waals surface area contributed by atoms with E-state index in [-0.39, 0.29) is 12.8 Å². The highest BCUT2D eigenvalue weighted by molar-refractivity contribution is 5.66. The molecule has 0 saturated heterocycles. The SMILES string of the molecule is COc1ccc(C(O)C(N)CCC(=O)O)c(C)c1. The summed E-state index contributed by atoms with van der Waals surface area (Å²) >= 11 is 0. The third-order valence-corrected chi connectivity index (χ3v) is 2.89. The first-order chi connectivity index (χ1) is 8.45. The number of aliphatic hydroxyl groups excluding tert-OH is 1. The molecule has 0 aliphatic heterocycles. The van der Waals surface area contributed by atoms with Crippen molar-refractivity contribution in [1.82, 2.24) is 0 Å². The molecule has 4 N–H and O–H groups in total. The Morgan fingerprint density at radius 2 is 2.17 bits per heavy atom. The molecule has 0 fully saturated rings. The van der Waals surface area contributed by atoms with Gasteiger partial charge in [-0.3, -0.25) is 4.79 Å². The number of ether oxygens (including phenoxy) is 1. The van der Waals surface area contributed by atoms with Crippen molar-refractivity contribution in [3.05, 3.63) is 29.3 Å². The lowest BCUT2D eigenvalue weighted by molar-refractivity contribution is -0.137. The summed E-state index contributed by atoms with van der Waals surface area (Å²) in [5.74, 6) is -0.202. The van der Waals surface area contributed by atoms with Crippen molar-refractivity contribution >= 4 is 5.97 Å². The molecular formula is C13H19NO4. The fraction of sp³-hybridized carbons (Fsp3) is 0.462. The van der Waals surface area contributed by atoms with Crippen LogP contribution in [0.5, 0.6) is 5.75 Å². The Morgan fingerprint density at radius 1 is 1.50 bits per heavy atom. The third-order valence-electron chi connectivity index (χ3n) is 2.89. The van der Waals surface area contributed by atoms with E-state index >= 15 is 0 Å². The maximum Gasteiger partial charge on any atom is 0.303 e. The summed E-state index contributed by atoms with van der Waals surface area (Å²) in [4.78, 5) is 10.5. The van der Waals surface area contributed by atoms with Crippen LogP contribution in [0, 0.1) is 6.92 Å². The number of methoxy groups -OCH3 is 1. The van der Waals surface area contributed by atoms with Crippen molar-refractivity contribution in [3.8, 4) is 5.75 Å². The van der Waals surface area contributed by atoms with Gasteiger partial charge in [0.15, 0.2) is 0 Å². The lowest BCUT2D eigenvalue weighted by Crippen LogP contribution is -2.29. The highest BCUT2D eigenvalue weighted by atomic mass is 16.5. The minimum atomic E-state index is -0.913. The van der Waals surface area contributed by atoms with E-state index < -0.39 is 18.1 Å². The second kappa shape index (κ2) is 6.37. The van der Waals surface area contributed by atoms with E-state index in [0.29, 0.717) is 11.3 Å². The fourth-order valence-electron chi connectivity index (χ4n) is 1.79. The lowest BCUT2D eigenvalue weighted by Gasteiger charge is -2.20. The van der Waals surface area contributed by atoms with E-state index in [0.717, 1.165) is 5.56 Å². The van der Waals surface area contributed by atoms with Crippen LogP contribution in [-0.4, -0.2) is 29.3 Å². The monoisotopic (exact) mass is 253 g/mol. The molecule has 0 bridgehead atoms. The minimum Gasteiger partial charge on any atom is -0.497 e. The average Bonchev–Trinajstić information content (AvgIpc) is 2.34. The van der Waals surface area contributed by atoms with Crippen LogP contribution in [0.3, 0.4) is 0 Å². The fourth-order valence-corrected chi connectivity index (χ4v) is 1.79. The Balaban J connectivity index is 2.76. The van der Waals surface area contributed by atoms with Crippen LogP contribution in [0.2, 0.25) is 0 Å². The molecule has 0 saturated carbocycles. The van der Waals surface area contributed by atoms with E-state index in [4.69, 9.17) is 15.6 Å². The van der Waals surface area contributed by atoms with Crippen LogP contribution in [0.25, 0.3) is 0 Å². The zero-order chi connectivity index (χ0) is 13.7. The summed E-state index contributed by atoms with van der Waals surface area (Å²) in [6.45, 7) is 1.85. The van der Waals surface area contributed by atoms with Crippen molar-refractivity contribution < 1.29 is 19.7 Å². The van der Waals surface area contributed by atoms with Gasteiger partial charge in [-0.25, -0.2) is 0 Å². The van der Waals surface area contributed by atoms with Gasteiger partial charge in [0.05, 0.1) is 13.2 Å². The molecule has 1 aromatic carbocycles. The lowest BCUT2D eigenvalue weighted by atomic mass is 9.95. The third kappa shape index (κ3) is 3.72. The normalized spacial score (nSPS) is 14.0. The molecule has 0 aliphatic rings. The quantitative estimate of drug-likeness (QED) is 0.709. The average molecular weight is 253 g/mol. The molecule has 1 aromatic rings. The highest BCUT2D eigenvalue weighted by Gasteiger charge is 2.19. The van der Waals surface area contributed by atoms with Gasteiger partial charge < -0.3 is 20.7 Å². The predicted octanol–water partition coefficient (Wildman–Crippen LogP) is 1.23. The largest absolute Gasteiger partial charge is 0.497 e. The molecule has 5 nitrogen and oxygen atoms in total. The standard InChI is InChI=1S/C13H19NO4/c1-8-7-9(18-2)3-4-10(8)13(17)11(14)5-6-12(15)16/h3-4,7,11,13,17H,5-6,14H2,1-2H3,(H,15,16). The van der Waals surface area contributed by atoms with Crippen LogP contribution in [0.15, 0.2) is 18.2 Å². The van der Waals surface area contributed by atoms with Gasteiger partial charge in [-0.05, 0) is 36.6 Å². The number of benzene rings is 1. The van der Waals surface area contributed by atoms with E-state index in [1.54, 1.807) is 19.2 Å². The smallest absolute Gasteiger partial charge is 0.303 e. The second-order valence-corrected chi connectivity index (χ2v) is 4.26. The van der Waals surface area contributed by atoms with E-state index in [9.17, 15) is 9.90 Å². The summed E-state index contributed by atoms with van der Waals surface area (Å²) < 4.78 is 5.08. The van der Waals surface area contributed by atoms with Gasteiger partial charge in [0, 0.05) is 12.5 Å². The van der Waals surface area contributed by atoms with Crippen LogP contribution in [-0.2, 0) is 4.79 Å². The Labute approximate surface area is 106 Å². The van der Waals surface area contributed by atoms with Crippen LogP contribution >= 0.6 is 0 Å². The molecule has 1 rings (SSSR count). The number of rotatable bonds is 6. The van der Waals surface area contributed by atoms with E-state index in [1.807, 2.05) is 13.0 Å². The molecule has 0 spiro atoms. The number of aliphatic carboxylic acids is 1. The van der Waals surface area contributed by atoms with Gasteiger partial charge in [0.2, 0.25) is 0 Å². The predicted molar refractivity (Wildman–Crippen MR) is 67.5 cm³/mol. The summed E-state index contributed by atoms with van der Waals surface area (Å²) in [6.07, 6.45) is -0.676. The van der Waals surface area contributed by atoms with Crippen molar-refractivity contribution in [2.75, 3.05) is 7.11 Å². The number of carbonyl (C=O) groups is 1. The molecule has 100 valence electrons. The number of nitrogens with two attached hydrogens (primary N) is 1. The molecule has 2 atom stereocenters. The molecule has 0 radical (unpaired) electrons. The van der Waals surface area contributed by atoms with Gasteiger partial charge >= 0.3 is 5.97 Å². The summed E-state index contributed by atoms with van der Waals surface area (Å²) in [6, 6.07) is 4.71. The van der Waals surface area contributed by atoms with Crippen LogP contribution in [0.4, 0.5) is 0 Å². The Bertz CT molecular complexity index is 419. The summed E-state index contributed by atoms with van der Waals surface area (Å²) in [7, 11) is 1.57. The molecule has 0 aromatic heterocycles. The first-order valence-electron chi connectivity index (χ1n) is 5.75. The maximum absolute atomic E-state index is 10.5. The minimum absolute atomic E-state index is 0.0482. The summed E-state index contributed by atoms with van der Waals surface area (Å²) in [5, 5.41) is 18.7. The van der Waals surface area contributed by atoms with Crippen molar-refractivity contribution in [2.45, 2.75) is 31.9 Å². The van der Waals surface area contributed by atoms with Gasteiger partial charge in [0.1, 0.15) is 5.75 Å². The number of hydrogen-bond donors (Lipinski definition) is 3.